The number of amides is 1. The number of nitrogens with zero attached hydrogens (tertiary/aromatic N) is 4. The maximum atomic E-state index is 12.8. The fourth-order valence-electron chi connectivity index (χ4n) is 4.37. The van der Waals surface area contributed by atoms with Crippen LogP contribution in [-0.4, -0.2) is 57.8 Å². The highest BCUT2D eigenvalue weighted by Crippen LogP contribution is 2.37. The molecule has 4 rings (SSSR count). The summed E-state index contributed by atoms with van der Waals surface area (Å²) in [5.74, 6) is -0.468. The van der Waals surface area contributed by atoms with E-state index >= 15 is 0 Å². The van der Waals surface area contributed by atoms with Gasteiger partial charge in [0.15, 0.2) is 5.69 Å². The molecule has 0 radical (unpaired) electrons. The lowest BCUT2D eigenvalue weighted by Gasteiger charge is -2.36. The van der Waals surface area contributed by atoms with Crippen molar-refractivity contribution in [3.63, 3.8) is 0 Å². The zero-order valence-corrected chi connectivity index (χ0v) is 17.6. The van der Waals surface area contributed by atoms with Crippen LogP contribution < -0.4 is 5.32 Å². The number of hydrogen-bond acceptors (Lipinski definition) is 6. The first kappa shape index (κ1) is 20.6. The van der Waals surface area contributed by atoms with Gasteiger partial charge in [-0.05, 0) is 50.5 Å². The van der Waals surface area contributed by atoms with Gasteiger partial charge >= 0.3 is 5.97 Å². The van der Waals surface area contributed by atoms with Crippen molar-refractivity contribution in [2.24, 2.45) is 12.5 Å². The van der Waals surface area contributed by atoms with Gasteiger partial charge in [0, 0.05) is 45.1 Å². The number of aryl methyl sites for hydroxylation is 3. The van der Waals surface area contributed by atoms with Crippen molar-refractivity contribution in [3.05, 3.63) is 34.9 Å². The van der Waals surface area contributed by atoms with Crippen molar-refractivity contribution >= 4 is 11.9 Å². The molecule has 1 fully saturated rings. The topological polar surface area (TPSA) is 100 Å². The zero-order valence-electron chi connectivity index (χ0n) is 17.6. The molecule has 1 spiro atoms. The summed E-state index contributed by atoms with van der Waals surface area (Å²) in [6, 6.07) is 1.64. The Morgan fingerprint density at radius 2 is 2.13 bits per heavy atom. The number of hydrogen-bond donors (Lipinski definition) is 1. The van der Waals surface area contributed by atoms with E-state index in [2.05, 4.69) is 10.4 Å². The van der Waals surface area contributed by atoms with Crippen LogP contribution in [-0.2, 0) is 35.9 Å². The molecule has 9 nitrogen and oxygen atoms in total. The first-order valence-electron chi connectivity index (χ1n) is 10.6. The predicted octanol–water partition coefficient (Wildman–Crippen LogP) is 1.51. The van der Waals surface area contributed by atoms with Crippen molar-refractivity contribution in [1.29, 1.82) is 0 Å². The van der Waals surface area contributed by atoms with E-state index < -0.39 is 5.97 Å². The second-order valence-electron chi connectivity index (χ2n) is 8.18. The maximum Gasteiger partial charge on any atom is 0.358 e. The molecule has 0 aliphatic carbocycles. The molecule has 0 unspecified atom stereocenters. The minimum atomic E-state index is -0.422. The summed E-state index contributed by atoms with van der Waals surface area (Å²) in [4.78, 5) is 24.9. The van der Waals surface area contributed by atoms with Crippen LogP contribution in [0.15, 0.2) is 12.3 Å². The quantitative estimate of drug-likeness (QED) is 0.567. The first-order valence-corrected chi connectivity index (χ1v) is 10.6. The molecular formula is C21H29N5O4. The van der Waals surface area contributed by atoms with Crippen LogP contribution in [0.5, 0.6) is 0 Å². The average molecular weight is 415 g/mol. The molecule has 0 aromatic carbocycles. The van der Waals surface area contributed by atoms with Gasteiger partial charge in [-0.25, -0.2) is 4.79 Å². The Kier molecular flexibility index (Phi) is 5.90. The molecule has 30 heavy (non-hydrogen) atoms. The highest BCUT2D eigenvalue weighted by atomic mass is 16.5. The average Bonchev–Trinajstić information content (AvgIpc) is 3.30. The van der Waals surface area contributed by atoms with Crippen LogP contribution in [0.4, 0.5) is 0 Å². The molecule has 2 aromatic heterocycles. The standard InChI is InChI=1S/C21H29N5O4/c1-3-26-18-15(13-21(14-22-19(18)27)7-11-29-12-8-21)16(24-26)5-4-10-30-20(28)17-6-9-25(2)23-17/h6,9H,3-5,7-8,10-14H2,1-2H3,(H,22,27). The number of aromatic nitrogens is 4. The normalized spacial score (nSPS) is 18.0. The van der Waals surface area contributed by atoms with E-state index in [0.717, 1.165) is 43.7 Å². The van der Waals surface area contributed by atoms with E-state index in [9.17, 15) is 9.59 Å². The van der Waals surface area contributed by atoms with Gasteiger partial charge in [-0.3, -0.25) is 14.2 Å². The summed E-state index contributed by atoms with van der Waals surface area (Å²) in [5.41, 5.74) is 3.00. The number of carbonyl (C=O) groups is 2. The van der Waals surface area contributed by atoms with Crippen molar-refractivity contribution < 1.29 is 19.1 Å². The molecule has 1 saturated heterocycles. The summed E-state index contributed by atoms with van der Waals surface area (Å²) in [6.45, 7) is 5.05. The number of carbonyl (C=O) groups excluding carboxylic acids is 2. The molecule has 9 heteroatoms. The minimum Gasteiger partial charge on any atom is -0.461 e. The molecule has 162 valence electrons. The third-order valence-electron chi connectivity index (χ3n) is 6.09. The molecule has 4 heterocycles. The van der Waals surface area contributed by atoms with Crippen molar-refractivity contribution in [1.82, 2.24) is 24.9 Å². The molecule has 2 aliphatic rings. The summed E-state index contributed by atoms with van der Waals surface area (Å²) >= 11 is 0. The Morgan fingerprint density at radius 1 is 1.33 bits per heavy atom. The van der Waals surface area contributed by atoms with E-state index in [4.69, 9.17) is 14.6 Å². The Bertz CT molecular complexity index is 926. The number of nitrogens with one attached hydrogen (secondary N) is 1. The van der Waals surface area contributed by atoms with Crippen LogP contribution in [0.2, 0.25) is 0 Å². The van der Waals surface area contributed by atoms with Gasteiger partial charge in [0.05, 0.1) is 12.3 Å². The van der Waals surface area contributed by atoms with Crippen LogP contribution in [0.25, 0.3) is 0 Å². The monoisotopic (exact) mass is 415 g/mol. The Labute approximate surface area is 175 Å². The lowest BCUT2D eigenvalue weighted by atomic mass is 9.75. The first-order chi connectivity index (χ1) is 14.5. The van der Waals surface area contributed by atoms with E-state index in [0.29, 0.717) is 37.3 Å². The number of esters is 1. The SMILES string of the molecule is CCn1nc(CCCOC(=O)c2ccn(C)n2)c2c1C(=O)NCC1(CCOCC1)C2. The molecule has 2 aromatic rings. The third-order valence-corrected chi connectivity index (χ3v) is 6.09. The highest BCUT2D eigenvalue weighted by Gasteiger charge is 2.39. The van der Waals surface area contributed by atoms with E-state index in [1.165, 1.54) is 0 Å². The molecule has 0 bridgehead atoms. The lowest BCUT2D eigenvalue weighted by molar-refractivity contribution is 0.0160. The fraction of sp³-hybridized carbons (Fsp3) is 0.619. The number of fused-ring (bicyclic) bond motifs is 1. The Balaban J connectivity index is 1.46. The molecule has 0 atom stereocenters. The molecular weight excluding hydrogens is 386 g/mol. The molecule has 1 amide bonds. The Hall–Kier alpha value is -2.68. The van der Waals surface area contributed by atoms with E-state index in [1.54, 1.807) is 28.7 Å². The highest BCUT2D eigenvalue weighted by molar-refractivity contribution is 5.94. The van der Waals surface area contributed by atoms with Crippen molar-refractivity contribution in [2.45, 2.75) is 45.6 Å². The smallest absolute Gasteiger partial charge is 0.358 e. The van der Waals surface area contributed by atoms with Gasteiger partial charge in [0.25, 0.3) is 5.91 Å². The third kappa shape index (κ3) is 4.12. The van der Waals surface area contributed by atoms with Crippen LogP contribution >= 0.6 is 0 Å². The van der Waals surface area contributed by atoms with Gasteiger partial charge in [-0.1, -0.05) is 0 Å². The number of rotatable bonds is 6. The van der Waals surface area contributed by atoms with E-state index in [1.807, 2.05) is 6.92 Å². The maximum absolute atomic E-state index is 12.8. The fourth-order valence-corrected chi connectivity index (χ4v) is 4.37. The van der Waals surface area contributed by atoms with E-state index in [-0.39, 0.29) is 17.9 Å². The van der Waals surface area contributed by atoms with Crippen molar-refractivity contribution in [2.75, 3.05) is 26.4 Å². The lowest BCUT2D eigenvalue weighted by Crippen LogP contribution is -2.40. The summed E-state index contributed by atoms with van der Waals surface area (Å²) in [6.07, 6.45) is 5.71. The van der Waals surface area contributed by atoms with Crippen molar-refractivity contribution in [3.8, 4) is 0 Å². The van der Waals surface area contributed by atoms with Gasteiger partial charge in [0.1, 0.15) is 5.69 Å². The molecule has 0 saturated carbocycles. The zero-order chi connectivity index (χ0) is 21.1. The van der Waals surface area contributed by atoms with Gasteiger partial charge in [-0.2, -0.15) is 10.2 Å². The van der Waals surface area contributed by atoms with Gasteiger partial charge in [0.2, 0.25) is 0 Å². The van der Waals surface area contributed by atoms with Crippen LogP contribution in [0.3, 0.4) is 0 Å². The predicted molar refractivity (Wildman–Crippen MR) is 108 cm³/mol. The van der Waals surface area contributed by atoms with Gasteiger partial charge in [-0.15, -0.1) is 0 Å². The minimum absolute atomic E-state index is 0.0287. The number of ether oxygens (including phenoxy) is 2. The van der Waals surface area contributed by atoms with Gasteiger partial charge < -0.3 is 14.8 Å². The second-order valence-corrected chi connectivity index (χ2v) is 8.18. The summed E-state index contributed by atoms with van der Waals surface area (Å²) in [5, 5.41) is 11.9. The second kappa shape index (κ2) is 8.59. The summed E-state index contributed by atoms with van der Waals surface area (Å²) < 4.78 is 14.3. The Morgan fingerprint density at radius 3 is 2.83 bits per heavy atom. The van der Waals surface area contributed by atoms with Crippen LogP contribution in [0, 0.1) is 5.41 Å². The molecule has 2 aliphatic heterocycles. The largest absolute Gasteiger partial charge is 0.461 e. The summed E-state index contributed by atoms with van der Waals surface area (Å²) in [7, 11) is 1.76. The molecule has 1 N–H and O–H groups in total. The van der Waals surface area contributed by atoms with Crippen LogP contribution in [0.1, 0.15) is 58.4 Å².